The largest absolute Gasteiger partial charge is 0.507 e. The quantitative estimate of drug-likeness (QED) is 0.0912. The summed E-state index contributed by atoms with van der Waals surface area (Å²) in [7, 11) is 0. The van der Waals surface area contributed by atoms with E-state index in [9.17, 15) is 19.8 Å². The van der Waals surface area contributed by atoms with E-state index in [2.05, 4.69) is 151 Å². The van der Waals surface area contributed by atoms with Crippen molar-refractivity contribution in [3.05, 3.63) is 222 Å². The van der Waals surface area contributed by atoms with Crippen molar-refractivity contribution in [2.75, 3.05) is 26.4 Å². The Bertz CT molecular complexity index is 3540. The van der Waals surface area contributed by atoms with Gasteiger partial charge in [0.15, 0.2) is 13.2 Å². The van der Waals surface area contributed by atoms with Gasteiger partial charge >= 0.3 is 11.9 Å². The molecule has 0 spiro atoms. The Kier molecular flexibility index (Phi) is 15.2. The van der Waals surface area contributed by atoms with Crippen LogP contribution in [0.5, 0.6) is 23.0 Å². The van der Waals surface area contributed by atoms with Crippen molar-refractivity contribution in [1.29, 1.82) is 0 Å². The van der Waals surface area contributed by atoms with Gasteiger partial charge in [-0.3, -0.25) is 9.98 Å². The lowest BCUT2D eigenvalue weighted by Gasteiger charge is -2.26. The molecule has 82 heavy (non-hydrogen) atoms. The highest BCUT2D eigenvalue weighted by atomic mass is 16.6. The summed E-state index contributed by atoms with van der Waals surface area (Å²) in [5.74, 6) is -0.0151. The van der Waals surface area contributed by atoms with E-state index >= 15 is 0 Å². The molecular weight excluding hydrogens is 1020 g/mol. The molecule has 3 aliphatic rings. The van der Waals surface area contributed by atoms with E-state index in [4.69, 9.17) is 28.9 Å². The van der Waals surface area contributed by atoms with Crippen molar-refractivity contribution in [3.8, 4) is 45.3 Å². The van der Waals surface area contributed by atoms with Gasteiger partial charge in [0.05, 0.1) is 24.6 Å². The predicted molar refractivity (Wildman–Crippen MR) is 326 cm³/mol. The van der Waals surface area contributed by atoms with E-state index in [1.807, 2.05) is 36.7 Å². The van der Waals surface area contributed by atoms with Gasteiger partial charge in [-0.25, -0.2) is 9.59 Å². The maximum absolute atomic E-state index is 13.2. The minimum absolute atomic E-state index is 0.0660. The molecule has 8 aromatic rings. The average molecular weight is 1090 g/mol. The van der Waals surface area contributed by atoms with Gasteiger partial charge in [-0.1, -0.05) is 139 Å². The first-order valence-electron chi connectivity index (χ1n) is 28.5. The molecule has 0 saturated heterocycles. The molecule has 8 aromatic carbocycles. The number of nitrogens with zero attached hydrogens (tertiary/aromatic N) is 2. The number of fused-ring (bicyclic) bond motifs is 14. The molecule has 416 valence electrons. The lowest BCUT2D eigenvalue weighted by Crippen LogP contribution is -2.18. The van der Waals surface area contributed by atoms with Gasteiger partial charge in [0.1, 0.15) is 23.0 Å². The molecule has 0 amide bonds. The molecule has 0 unspecified atom stereocenters. The van der Waals surface area contributed by atoms with Crippen LogP contribution in [0, 0.1) is 0 Å². The molecule has 8 bridgehead atoms. The monoisotopic (exact) mass is 1090 g/mol. The molecule has 10 heteroatoms. The molecule has 0 saturated carbocycles. The maximum Gasteiger partial charge on any atom is 0.344 e. The van der Waals surface area contributed by atoms with Crippen molar-refractivity contribution in [2.24, 2.45) is 9.98 Å². The van der Waals surface area contributed by atoms with Gasteiger partial charge in [-0.05, 0) is 163 Å². The zero-order valence-corrected chi connectivity index (χ0v) is 48.2. The molecule has 11 rings (SSSR count). The Morgan fingerprint density at radius 2 is 0.756 bits per heavy atom. The maximum atomic E-state index is 13.2. The third kappa shape index (κ3) is 11.7. The number of esters is 2. The molecular formula is C72H70N2O8. The smallest absolute Gasteiger partial charge is 0.344 e. The van der Waals surface area contributed by atoms with Crippen molar-refractivity contribution < 1.29 is 38.7 Å². The van der Waals surface area contributed by atoms with Crippen LogP contribution >= 0.6 is 0 Å². The minimum atomic E-state index is -0.522. The summed E-state index contributed by atoms with van der Waals surface area (Å²) < 4.78 is 24.1. The zero-order chi connectivity index (χ0) is 57.5. The lowest BCUT2D eigenvalue weighted by atomic mass is 9.81. The molecule has 0 fully saturated rings. The Morgan fingerprint density at radius 3 is 1.10 bits per heavy atom. The van der Waals surface area contributed by atoms with Gasteiger partial charge < -0.3 is 29.2 Å². The van der Waals surface area contributed by atoms with Crippen LogP contribution in [0.15, 0.2) is 143 Å². The van der Waals surface area contributed by atoms with Crippen LogP contribution in [0.3, 0.4) is 0 Å². The highest BCUT2D eigenvalue weighted by Crippen LogP contribution is 2.45. The minimum Gasteiger partial charge on any atom is -0.507 e. The summed E-state index contributed by atoms with van der Waals surface area (Å²) in [6.07, 6.45) is 6.23. The highest BCUT2D eigenvalue weighted by molar-refractivity contribution is 5.89. The number of carbonyl (C=O) groups is 2. The Morgan fingerprint density at radius 1 is 0.427 bits per heavy atom. The fraction of sp³-hybridized carbons (Fsp3) is 0.278. The Balaban J connectivity index is 1.11. The van der Waals surface area contributed by atoms with E-state index in [1.54, 1.807) is 13.8 Å². The number of phenols is 2. The topological polar surface area (TPSA) is 136 Å². The number of carbonyl (C=O) groups excluding carboxylic acids is 2. The third-order valence-electron chi connectivity index (χ3n) is 15.9. The molecule has 3 aliphatic carbocycles. The van der Waals surface area contributed by atoms with Crippen LogP contribution in [0.1, 0.15) is 144 Å². The third-order valence-corrected chi connectivity index (χ3v) is 15.9. The molecule has 0 radical (unpaired) electrons. The SMILES string of the molecule is CCOC(=O)COc1c2cc(C(C)(C)C)cc1Cc1cc(N=Cc3ccc4c(c3)-c3ccccc3C4)cc(c1O)Cc1cc(C(C)(C)C)cc(c1OCC(=O)OCC)Cc1cc(N=Cc3ccc4c(c3)-c3ccccc3C4)cc(c1O)C2. The van der Waals surface area contributed by atoms with E-state index in [1.165, 1.54) is 44.5 Å². The first-order valence-corrected chi connectivity index (χ1v) is 28.5. The van der Waals surface area contributed by atoms with Crippen LogP contribution in [0.25, 0.3) is 22.3 Å². The number of rotatable bonds is 12. The summed E-state index contributed by atoms with van der Waals surface area (Å²) in [5, 5.41) is 25.6. The second-order valence-electron chi connectivity index (χ2n) is 23.9. The van der Waals surface area contributed by atoms with E-state index in [0.717, 1.165) is 57.3 Å². The summed E-state index contributed by atoms with van der Waals surface area (Å²) in [5.41, 5.74) is 19.6. The molecule has 0 aliphatic heterocycles. The van der Waals surface area contributed by atoms with Crippen LogP contribution in [0.2, 0.25) is 0 Å². The van der Waals surface area contributed by atoms with Gasteiger partial charge in [-0.15, -0.1) is 0 Å². The fourth-order valence-corrected chi connectivity index (χ4v) is 11.7. The predicted octanol–water partition coefficient (Wildman–Crippen LogP) is 14.9. The van der Waals surface area contributed by atoms with Crippen LogP contribution in [-0.2, 0) is 68.4 Å². The summed E-state index contributed by atoms with van der Waals surface area (Å²) >= 11 is 0. The van der Waals surface area contributed by atoms with E-state index < -0.39 is 11.9 Å². The average Bonchev–Trinajstić information content (AvgIpc) is 4.11. The van der Waals surface area contributed by atoms with Crippen molar-refractivity contribution >= 4 is 35.7 Å². The number of hydrogen-bond donors (Lipinski definition) is 2. The molecule has 10 nitrogen and oxygen atoms in total. The van der Waals surface area contributed by atoms with Crippen LogP contribution < -0.4 is 9.47 Å². The van der Waals surface area contributed by atoms with Crippen LogP contribution in [0.4, 0.5) is 11.4 Å². The molecule has 0 atom stereocenters. The standard InChI is InChI=1S/C72H70N2O8/c1-9-79-65(75)41-81-69-53-27-49-35-59(73-39-43-19-21-47-25-45-15-11-13-17-61(45)63(47)23-43)37-51(67(49)77)29-55-33-58(72(6,7)8)34-56(70(55)82-42-66(76)80-10-2)30-52-38-60(36-50(68(52)78)28-54(69)32-57(31-53)71(3,4)5)74-40-44-20-22-48-26-46-16-12-14-18-62(46)64(48)24-44/h11-24,31-40,77-78H,9-10,25-30,41-42H2,1-8H3. The van der Waals surface area contributed by atoms with Crippen molar-refractivity contribution in [1.82, 2.24) is 0 Å². The number of aliphatic imine (C=N–C) groups is 2. The summed E-state index contributed by atoms with van der Waals surface area (Å²) in [4.78, 5) is 36.7. The Labute approximate surface area is 481 Å². The van der Waals surface area contributed by atoms with Gasteiger partial charge in [0.25, 0.3) is 0 Å². The number of benzene rings is 8. The Hall–Kier alpha value is -8.76. The van der Waals surface area contributed by atoms with Crippen molar-refractivity contribution in [2.45, 2.75) is 105 Å². The number of phenolic OH excluding ortho intramolecular Hbond substituents is 2. The highest BCUT2D eigenvalue weighted by Gasteiger charge is 2.28. The van der Waals surface area contributed by atoms with Gasteiger partial charge in [0.2, 0.25) is 0 Å². The number of hydrogen-bond acceptors (Lipinski definition) is 10. The molecule has 0 heterocycles. The lowest BCUT2D eigenvalue weighted by molar-refractivity contribution is -0.146. The number of ether oxygens (including phenoxy) is 4. The van der Waals surface area contributed by atoms with Crippen LogP contribution in [-0.4, -0.2) is 61.0 Å². The van der Waals surface area contributed by atoms with E-state index in [-0.39, 0.29) is 74.4 Å². The second kappa shape index (κ2) is 22.6. The van der Waals surface area contributed by atoms with Crippen molar-refractivity contribution in [3.63, 3.8) is 0 Å². The zero-order valence-electron chi connectivity index (χ0n) is 48.2. The molecule has 0 aromatic heterocycles. The first kappa shape index (κ1) is 55.2. The second-order valence-corrected chi connectivity index (χ2v) is 23.9. The molecule has 2 N–H and O–H groups in total. The van der Waals surface area contributed by atoms with E-state index in [0.29, 0.717) is 45.1 Å². The normalized spacial score (nSPS) is 13.4. The fourth-order valence-electron chi connectivity index (χ4n) is 11.7. The summed E-state index contributed by atoms with van der Waals surface area (Å²) in [6.45, 7) is 16.0. The summed E-state index contributed by atoms with van der Waals surface area (Å²) in [6, 6.07) is 45.9. The number of aromatic hydroxyl groups is 2. The van der Waals surface area contributed by atoms with Gasteiger partial charge in [0, 0.05) is 60.4 Å². The van der Waals surface area contributed by atoms with Gasteiger partial charge in [-0.2, -0.15) is 0 Å². The first-order chi connectivity index (χ1) is 39.4.